The van der Waals surface area contributed by atoms with Crippen molar-refractivity contribution in [2.24, 2.45) is 0 Å². The lowest BCUT2D eigenvalue weighted by Gasteiger charge is -2.23. The van der Waals surface area contributed by atoms with Crippen LogP contribution in [0.15, 0.2) is 18.6 Å². The van der Waals surface area contributed by atoms with Crippen molar-refractivity contribution >= 4 is 17.3 Å². The zero-order chi connectivity index (χ0) is 13.1. The van der Waals surface area contributed by atoms with Crippen LogP contribution in [0, 0.1) is 6.92 Å². The van der Waals surface area contributed by atoms with Crippen molar-refractivity contribution in [3.8, 4) is 0 Å². The summed E-state index contributed by atoms with van der Waals surface area (Å²) in [6.45, 7) is 2.91. The second-order valence-corrected chi connectivity index (χ2v) is 6.52. The van der Waals surface area contributed by atoms with Gasteiger partial charge in [-0.3, -0.25) is 0 Å². The van der Waals surface area contributed by atoms with Gasteiger partial charge in [-0.15, -0.1) is 11.3 Å². The highest BCUT2D eigenvalue weighted by molar-refractivity contribution is 7.11. The Morgan fingerprint density at radius 2 is 2.16 bits per heavy atom. The lowest BCUT2D eigenvalue weighted by Crippen LogP contribution is -2.24. The standard InChI is InChI=1S/C14H20N4S/c1-11-16-9-13(19-11)10-18-8-7-15-14(18)17-12-5-3-2-4-6-12/h7-9,12H,2-6,10H2,1H3,(H,15,17). The fourth-order valence-corrected chi connectivity index (χ4v) is 3.45. The van der Waals surface area contributed by atoms with Crippen LogP contribution in [0.3, 0.4) is 0 Å². The van der Waals surface area contributed by atoms with Crippen LogP contribution in [-0.2, 0) is 6.54 Å². The molecule has 102 valence electrons. The first-order chi connectivity index (χ1) is 9.31. The van der Waals surface area contributed by atoms with Crippen LogP contribution in [0.4, 0.5) is 5.95 Å². The van der Waals surface area contributed by atoms with Crippen molar-refractivity contribution in [3.63, 3.8) is 0 Å². The van der Waals surface area contributed by atoms with Crippen LogP contribution < -0.4 is 5.32 Å². The summed E-state index contributed by atoms with van der Waals surface area (Å²) in [5.41, 5.74) is 0. The topological polar surface area (TPSA) is 42.7 Å². The van der Waals surface area contributed by atoms with Gasteiger partial charge < -0.3 is 9.88 Å². The molecule has 0 aliphatic heterocycles. The number of thiazole rings is 1. The molecule has 1 N–H and O–H groups in total. The molecule has 0 unspecified atom stereocenters. The summed E-state index contributed by atoms with van der Waals surface area (Å²) in [6.07, 6.45) is 12.5. The van der Waals surface area contributed by atoms with E-state index in [4.69, 9.17) is 0 Å². The quantitative estimate of drug-likeness (QED) is 0.930. The maximum Gasteiger partial charge on any atom is 0.203 e. The minimum absolute atomic E-state index is 0.595. The first kappa shape index (κ1) is 12.7. The first-order valence-corrected chi connectivity index (χ1v) is 7.82. The van der Waals surface area contributed by atoms with Crippen molar-refractivity contribution in [1.29, 1.82) is 0 Å². The summed E-state index contributed by atoms with van der Waals surface area (Å²) >= 11 is 1.75. The summed E-state index contributed by atoms with van der Waals surface area (Å²) in [5.74, 6) is 0.998. The van der Waals surface area contributed by atoms with Gasteiger partial charge in [0.2, 0.25) is 5.95 Å². The predicted molar refractivity (Wildman–Crippen MR) is 78.7 cm³/mol. The average Bonchev–Trinajstić information content (AvgIpc) is 3.01. The van der Waals surface area contributed by atoms with E-state index >= 15 is 0 Å². The fraction of sp³-hybridized carbons (Fsp3) is 0.571. The second kappa shape index (κ2) is 5.74. The number of nitrogens with zero attached hydrogens (tertiary/aromatic N) is 3. The monoisotopic (exact) mass is 276 g/mol. The molecule has 0 radical (unpaired) electrons. The van der Waals surface area contributed by atoms with E-state index in [-0.39, 0.29) is 0 Å². The SMILES string of the molecule is Cc1ncc(Cn2ccnc2NC2CCCCC2)s1. The van der Waals surface area contributed by atoms with Gasteiger partial charge >= 0.3 is 0 Å². The van der Waals surface area contributed by atoms with Gasteiger partial charge in [-0.05, 0) is 19.8 Å². The van der Waals surface area contributed by atoms with Crippen LogP contribution in [0.25, 0.3) is 0 Å². The maximum absolute atomic E-state index is 4.45. The summed E-state index contributed by atoms with van der Waals surface area (Å²) in [6, 6.07) is 0.595. The number of imidazole rings is 1. The molecule has 1 fully saturated rings. The van der Waals surface area contributed by atoms with Crippen LogP contribution in [0.1, 0.15) is 42.0 Å². The van der Waals surface area contributed by atoms with Crippen LogP contribution in [0.2, 0.25) is 0 Å². The molecule has 0 spiro atoms. The average molecular weight is 276 g/mol. The highest BCUT2D eigenvalue weighted by Crippen LogP contribution is 2.22. The Morgan fingerprint density at radius 1 is 1.32 bits per heavy atom. The second-order valence-electron chi connectivity index (χ2n) is 5.20. The zero-order valence-corrected chi connectivity index (χ0v) is 12.1. The minimum Gasteiger partial charge on any atom is -0.353 e. The van der Waals surface area contributed by atoms with Crippen LogP contribution in [0.5, 0.6) is 0 Å². The molecule has 0 atom stereocenters. The van der Waals surface area contributed by atoms with Crippen molar-refractivity contribution in [2.45, 2.75) is 51.6 Å². The number of aromatic nitrogens is 3. The Bertz CT molecular complexity index is 525. The van der Waals surface area contributed by atoms with Gasteiger partial charge in [0.15, 0.2) is 0 Å². The molecule has 1 aliphatic rings. The molecule has 0 saturated heterocycles. The third kappa shape index (κ3) is 3.15. The molecule has 0 aromatic carbocycles. The lowest BCUT2D eigenvalue weighted by atomic mass is 9.96. The van der Waals surface area contributed by atoms with Gasteiger partial charge in [0.05, 0.1) is 11.6 Å². The molecule has 19 heavy (non-hydrogen) atoms. The number of hydrogen-bond acceptors (Lipinski definition) is 4. The van der Waals surface area contributed by atoms with Gasteiger partial charge in [0.25, 0.3) is 0 Å². The fourth-order valence-electron chi connectivity index (χ4n) is 2.65. The largest absolute Gasteiger partial charge is 0.353 e. The molecule has 4 nitrogen and oxygen atoms in total. The zero-order valence-electron chi connectivity index (χ0n) is 11.3. The Kier molecular flexibility index (Phi) is 3.82. The van der Waals surface area contributed by atoms with Crippen molar-refractivity contribution < 1.29 is 0 Å². The van der Waals surface area contributed by atoms with Gasteiger partial charge in [0.1, 0.15) is 0 Å². The number of aryl methyl sites for hydroxylation is 1. The highest BCUT2D eigenvalue weighted by Gasteiger charge is 2.15. The molecule has 1 aliphatic carbocycles. The lowest BCUT2D eigenvalue weighted by molar-refractivity contribution is 0.459. The Balaban J connectivity index is 1.67. The molecular formula is C14H20N4S. The summed E-state index contributed by atoms with van der Waals surface area (Å²) in [4.78, 5) is 10.0. The number of hydrogen-bond donors (Lipinski definition) is 1. The van der Waals surface area contributed by atoms with E-state index in [1.807, 2.05) is 25.5 Å². The van der Waals surface area contributed by atoms with E-state index in [1.165, 1.54) is 37.0 Å². The van der Waals surface area contributed by atoms with Gasteiger partial charge in [0, 0.05) is 29.5 Å². The van der Waals surface area contributed by atoms with E-state index in [0.29, 0.717) is 6.04 Å². The molecular weight excluding hydrogens is 256 g/mol. The molecule has 3 rings (SSSR count). The Hall–Kier alpha value is -1.36. The van der Waals surface area contributed by atoms with Gasteiger partial charge in [-0.2, -0.15) is 0 Å². The molecule has 0 amide bonds. The van der Waals surface area contributed by atoms with Gasteiger partial charge in [-0.25, -0.2) is 9.97 Å². The Morgan fingerprint density at radius 3 is 2.89 bits per heavy atom. The summed E-state index contributed by atoms with van der Waals surface area (Å²) in [7, 11) is 0. The van der Waals surface area contributed by atoms with E-state index in [1.54, 1.807) is 11.3 Å². The molecule has 0 bridgehead atoms. The maximum atomic E-state index is 4.45. The number of anilines is 1. The van der Waals surface area contributed by atoms with E-state index < -0.39 is 0 Å². The summed E-state index contributed by atoms with van der Waals surface area (Å²) < 4.78 is 2.18. The van der Waals surface area contributed by atoms with E-state index in [0.717, 1.165) is 17.5 Å². The van der Waals surface area contributed by atoms with E-state index in [2.05, 4.69) is 19.9 Å². The van der Waals surface area contributed by atoms with Crippen LogP contribution in [-0.4, -0.2) is 20.6 Å². The number of nitrogens with one attached hydrogen (secondary N) is 1. The first-order valence-electron chi connectivity index (χ1n) is 7.00. The third-order valence-corrected chi connectivity index (χ3v) is 4.55. The Labute approximate surface area is 117 Å². The van der Waals surface area contributed by atoms with Crippen molar-refractivity contribution in [1.82, 2.24) is 14.5 Å². The van der Waals surface area contributed by atoms with Crippen molar-refractivity contribution in [3.05, 3.63) is 28.5 Å². The minimum atomic E-state index is 0.595. The van der Waals surface area contributed by atoms with Gasteiger partial charge in [-0.1, -0.05) is 19.3 Å². The molecule has 2 aromatic heterocycles. The smallest absolute Gasteiger partial charge is 0.203 e. The normalized spacial score (nSPS) is 16.7. The van der Waals surface area contributed by atoms with E-state index in [9.17, 15) is 0 Å². The molecule has 1 saturated carbocycles. The third-order valence-electron chi connectivity index (χ3n) is 3.65. The summed E-state index contributed by atoms with van der Waals surface area (Å²) in [5, 5.41) is 4.71. The molecule has 2 heterocycles. The number of rotatable bonds is 4. The highest BCUT2D eigenvalue weighted by atomic mass is 32.1. The molecule has 2 aromatic rings. The molecule has 5 heteroatoms. The predicted octanol–water partition coefficient (Wildman–Crippen LogP) is 3.44. The van der Waals surface area contributed by atoms with Crippen LogP contribution >= 0.6 is 11.3 Å². The van der Waals surface area contributed by atoms with Crippen molar-refractivity contribution in [2.75, 3.05) is 5.32 Å².